The van der Waals surface area contributed by atoms with Crippen molar-refractivity contribution in [2.45, 2.75) is 12.5 Å². The zero-order chi connectivity index (χ0) is 21.0. The van der Waals surface area contributed by atoms with Gasteiger partial charge in [-0.3, -0.25) is 9.59 Å². The van der Waals surface area contributed by atoms with Crippen LogP contribution in [0.25, 0.3) is 0 Å². The van der Waals surface area contributed by atoms with Gasteiger partial charge in [0.2, 0.25) is 11.8 Å². The molecule has 2 aromatic rings. The van der Waals surface area contributed by atoms with Crippen molar-refractivity contribution in [3.05, 3.63) is 54.1 Å². The van der Waals surface area contributed by atoms with Gasteiger partial charge in [-0.1, -0.05) is 30.3 Å². The molecule has 0 bridgehead atoms. The van der Waals surface area contributed by atoms with Gasteiger partial charge in [0.05, 0.1) is 20.1 Å². The van der Waals surface area contributed by atoms with Gasteiger partial charge >= 0.3 is 5.97 Å². The molecule has 1 aliphatic rings. The number of hydrogen-bond donors (Lipinski definition) is 2. The first kappa shape index (κ1) is 20.2. The molecule has 0 radical (unpaired) electrons. The Morgan fingerprint density at radius 3 is 2.41 bits per heavy atom. The van der Waals surface area contributed by atoms with Gasteiger partial charge in [-0.15, -0.1) is 0 Å². The molecule has 8 nitrogen and oxygen atoms in total. The first-order valence-electron chi connectivity index (χ1n) is 9.05. The van der Waals surface area contributed by atoms with Crippen LogP contribution in [0.2, 0.25) is 0 Å². The standard InChI is InChI=1S/C21H22N2O6/c1-28-16-9-8-15(11-17(16)29-2)23-12-14(10-18(23)24)20(25)22-19(21(26)27)13-6-4-3-5-7-13/h3-9,11,14,19H,10,12H2,1-2H3,(H,22,25)(H,26,27)/t14-,19+/m1/s1. The highest BCUT2D eigenvalue weighted by atomic mass is 16.5. The molecule has 0 aromatic heterocycles. The van der Waals surface area contributed by atoms with Crippen molar-refractivity contribution in [2.24, 2.45) is 5.92 Å². The maximum Gasteiger partial charge on any atom is 0.330 e. The molecule has 3 rings (SSSR count). The van der Waals surface area contributed by atoms with Crippen molar-refractivity contribution in [2.75, 3.05) is 25.7 Å². The normalized spacial score (nSPS) is 17.0. The molecule has 152 valence electrons. The molecule has 2 N–H and O–H groups in total. The number of benzene rings is 2. The molecule has 2 aromatic carbocycles. The van der Waals surface area contributed by atoms with Gasteiger partial charge < -0.3 is 24.8 Å². The molecule has 0 unspecified atom stereocenters. The Morgan fingerprint density at radius 2 is 1.79 bits per heavy atom. The molecule has 0 aliphatic carbocycles. The third-order valence-corrected chi connectivity index (χ3v) is 4.84. The number of hydrogen-bond acceptors (Lipinski definition) is 5. The van der Waals surface area contributed by atoms with Crippen LogP contribution in [0.3, 0.4) is 0 Å². The Kier molecular flexibility index (Phi) is 6.01. The lowest BCUT2D eigenvalue weighted by Crippen LogP contribution is -2.38. The van der Waals surface area contributed by atoms with E-state index in [1.165, 1.54) is 19.1 Å². The average Bonchev–Trinajstić information content (AvgIpc) is 3.13. The number of carbonyl (C=O) groups is 3. The molecule has 2 amide bonds. The molecule has 29 heavy (non-hydrogen) atoms. The summed E-state index contributed by atoms with van der Waals surface area (Å²) in [6.07, 6.45) is 0.00130. The second kappa shape index (κ2) is 8.64. The number of carbonyl (C=O) groups excluding carboxylic acids is 2. The van der Waals surface area contributed by atoms with E-state index in [1.807, 2.05) is 0 Å². The third kappa shape index (κ3) is 4.31. The van der Waals surface area contributed by atoms with Gasteiger partial charge in [-0.2, -0.15) is 0 Å². The van der Waals surface area contributed by atoms with E-state index in [0.29, 0.717) is 22.7 Å². The second-order valence-electron chi connectivity index (χ2n) is 6.64. The highest BCUT2D eigenvalue weighted by Crippen LogP contribution is 2.34. The van der Waals surface area contributed by atoms with Crippen molar-refractivity contribution in [3.63, 3.8) is 0 Å². The van der Waals surface area contributed by atoms with Gasteiger partial charge in [-0.25, -0.2) is 4.79 Å². The quantitative estimate of drug-likeness (QED) is 0.739. The van der Waals surface area contributed by atoms with Crippen molar-refractivity contribution >= 4 is 23.5 Å². The van der Waals surface area contributed by atoms with E-state index in [0.717, 1.165) is 0 Å². The predicted octanol–water partition coefficient (Wildman–Crippen LogP) is 2.00. The van der Waals surface area contributed by atoms with E-state index < -0.39 is 23.8 Å². The Morgan fingerprint density at radius 1 is 1.10 bits per heavy atom. The van der Waals surface area contributed by atoms with Crippen LogP contribution < -0.4 is 19.7 Å². The fourth-order valence-electron chi connectivity index (χ4n) is 3.32. The first-order valence-corrected chi connectivity index (χ1v) is 9.05. The Labute approximate surface area is 168 Å². The fraction of sp³-hybridized carbons (Fsp3) is 0.286. The SMILES string of the molecule is COc1ccc(N2C[C@H](C(=O)N[C@H](C(=O)O)c3ccccc3)CC2=O)cc1OC. The summed E-state index contributed by atoms with van der Waals surface area (Å²) < 4.78 is 10.5. The Balaban J connectivity index is 1.74. The van der Waals surface area contributed by atoms with E-state index in [1.54, 1.807) is 48.5 Å². The van der Waals surface area contributed by atoms with Crippen LogP contribution in [-0.2, 0) is 14.4 Å². The van der Waals surface area contributed by atoms with Crippen LogP contribution in [0.15, 0.2) is 48.5 Å². The van der Waals surface area contributed by atoms with Gasteiger partial charge in [-0.05, 0) is 17.7 Å². The summed E-state index contributed by atoms with van der Waals surface area (Å²) in [5, 5.41) is 12.0. The van der Waals surface area contributed by atoms with E-state index in [9.17, 15) is 19.5 Å². The van der Waals surface area contributed by atoms with Gasteiger partial charge in [0, 0.05) is 24.7 Å². The van der Waals surface area contributed by atoms with E-state index in [2.05, 4.69) is 5.32 Å². The van der Waals surface area contributed by atoms with E-state index in [4.69, 9.17) is 9.47 Å². The zero-order valence-corrected chi connectivity index (χ0v) is 16.1. The monoisotopic (exact) mass is 398 g/mol. The molecule has 0 spiro atoms. The number of carboxylic acid groups (broad SMARTS) is 1. The molecule has 1 saturated heterocycles. The van der Waals surface area contributed by atoms with Crippen LogP contribution in [0, 0.1) is 5.92 Å². The highest BCUT2D eigenvalue weighted by molar-refractivity contribution is 6.01. The lowest BCUT2D eigenvalue weighted by molar-refractivity contribution is -0.142. The second-order valence-corrected chi connectivity index (χ2v) is 6.64. The zero-order valence-electron chi connectivity index (χ0n) is 16.1. The summed E-state index contributed by atoms with van der Waals surface area (Å²) in [6, 6.07) is 12.3. The minimum Gasteiger partial charge on any atom is -0.493 e. The summed E-state index contributed by atoms with van der Waals surface area (Å²) in [7, 11) is 3.02. The van der Waals surface area contributed by atoms with Crippen LogP contribution in [-0.4, -0.2) is 43.7 Å². The van der Waals surface area contributed by atoms with E-state index >= 15 is 0 Å². The lowest BCUT2D eigenvalue weighted by Gasteiger charge is -2.20. The summed E-state index contributed by atoms with van der Waals surface area (Å²) >= 11 is 0. The summed E-state index contributed by atoms with van der Waals surface area (Å²) in [5.74, 6) is -1.50. The Hall–Kier alpha value is -3.55. The molecule has 0 saturated carbocycles. The van der Waals surface area contributed by atoms with Crippen molar-refractivity contribution in [1.29, 1.82) is 0 Å². The molecular weight excluding hydrogens is 376 g/mol. The molecule has 1 heterocycles. The third-order valence-electron chi connectivity index (χ3n) is 4.84. The smallest absolute Gasteiger partial charge is 0.330 e. The largest absolute Gasteiger partial charge is 0.493 e. The van der Waals surface area contributed by atoms with Crippen molar-refractivity contribution < 1.29 is 29.0 Å². The average molecular weight is 398 g/mol. The van der Waals surface area contributed by atoms with Crippen LogP contribution >= 0.6 is 0 Å². The highest BCUT2D eigenvalue weighted by Gasteiger charge is 2.37. The number of aliphatic carboxylic acids is 1. The molecule has 2 atom stereocenters. The van der Waals surface area contributed by atoms with Crippen LogP contribution in [0.5, 0.6) is 11.5 Å². The number of nitrogens with one attached hydrogen (secondary N) is 1. The summed E-state index contributed by atoms with van der Waals surface area (Å²) in [6.45, 7) is 0.154. The van der Waals surface area contributed by atoms with Gasteiger partial charge in [0.15, 0.2) is 17.5 Å². The Bertz CT molecular complexity index is 915. The number of carboxylic acids is 1. The number of rotatable bonds is 7. The maximum atomic E-state index is 12.7. The molecule has 1 fully saturated rings. The van der Waals surface area contributed by atoms with Crippen molar-refractivity contribution in [1.82, 2.24) is 5.32 Å². The number of nitrogens with zero attached hydrogens (tertiary/aromatic N) is 1. The molecule has 1 aliphatic heterocycles. The van der Waals surface area contributed by atoms with Gasteiger partial charge in [0.1, 0.15) is 0 Å². The first-order chi connectivity index (χ1) is 13.9. The molecular formula is C21H22N2O6. The molecule has 8 heteroatoms. The predicted molar refractivity (Wildman–Crippen MR) is 105 cm³/mol. The summed E-state index contributed by atoms with van der Waals surface area (Å²) in [5.41, 5.74) is 1.05. The fourth-order valence-corrected chi connectivity index (χ4v) is 3.32. The van der Waals surface area contributed by atoms with Crippen LogP contribution in [0.1, 0.15) is 18.0 Å². The topological polar surface area (TPSA) is 105 Å². The summed E-state index contributed by atoms with van der Waals surface area (Å²) in [4.78, 5) is 38.3. The van der Waals surface area contributed by atoms with Gasteiger partial charge in [0.25, 0.3) is 0 Å². The number of methoxy groups -OCH3 is 2. The number of anilines is 1. The minimum atomic E-state index is -1.17. The maximum absolute atomic E-state index is 12.7. The lowest BCUT2D eigenvalue weighted by atomic mass is 10.0. The van der Waals surface area contributed by atoms with Crippen molar-refractivity contribution in [3.8, 4) is 11.5 Å². The number of amides is 2. The number of ether oxygens (including phenoxy) is 2. The van der Waals surface area contributed by atoms with E-state index in [-0.39, 0.29) is 18.9 Å². The minimum absolute atomic E-state index is 0.00130. The van der Waals surface area contributed by atoms with Crippen LogP contribution in [0.4, 0.5) is 5.69 Å².